The molecule has 6 nitrogen and oxygen atoms in total. The molecular formula is C32H31F2N3O3. The number of nitrogens with one attached hydrogen (secondary N) is 2. The van der Waals surface area contributed by atoms with Gasteiger partial charge in [0.15, 0.2) is 11.6 Å². The van der Waals surface area contributed by atoms with Crippen molar-refractivity contribution in [3.63, 3.8) is 0 Å². The Labute approximate surface area is 231 Å². The second-order valence-electron chi connectivity index (χ2n) is 10.5. The number of fused-ring (bicyclic) bond motifs is 3. The topological polar surface area (TPSA) is 74.4 Å². The number of amides is 1. The van der Waals surface area contributed by atoms with Gasteiger partial charge in [-0.05, 0) is 54.8 Å². The molecule has 0 aliphatic carbocycles. The number of esters is 1. The summed E-state index contributed by atoms with van der Waals surface area (Å²) in [5.74, 6) is -3.28. The van der Waals surface area contributed by atoms with Crippen LogP contribution in [0.5, 0.6) is 0 Å². The highest BCUT2D eigenvalue weighted by Gasteiger charge is 2.37. The van der Waals surface area contributed by atoms with Crippen molar-refractivity contribution < 1.29 is 23.1 Å². The normalized spacial score (nSPS) is 14.3. The van der Waals surface area contributed by atoms with E-state index in [1.165, 1.54) is 22.7 Å². The SMILES string of the molecule is CCOC(=O)C1=CN(C(=O)c2ccc(F)c(F)c2)CC(C)(C)c2c1[nH]c1cc(NCCc3ccccc3)ccc21. The van der Waals surface area contributed by atoms with Crippen molar-refractivity contribution in [1.29, 1.82) is 0 Å². The van der Waals surface area contributed by atoms with E-state index in [9.17, 15) is 18.4 Å². The number of H-pyrrole nitrogens is 1. The Hall–Kier alpha value is -4.46. The van der Waals surface area contributed by atoms with E-state index in [1.807, 2.05) is 50.2 Å². The predicted octanol–water partition coefficient (Wildman–Crippen LogP) is 6.44. The van der Waals surface area contributed by atoms with E-state index in [0.717, 1.165) is 47.3 Å². The number of benzene rings is 3. The number of carbonyl (C=O) groups is 2. The summed E-state index contributed by atoms with van der Waals surface area (Å²) < 4.78 is 32.8. The van der Waals surface area contributed by atoms with Gasteiger partial charge in [-0.2, -0.15) is 0 Å². The first-order valence-corrected chi connectivity index (χ1v) is 13.3. The van der Waals surface area contributed by atoms with Crippen LogP contribution in [0.4, 0.5) is 14.5 Å². The highest BCUT2D eigenvalue weighted by molar-refractivity contribution is 6.18. The van der Waals surface area contributed by atoms with E-state index >= 15 is 0 Å². The Bertz CT molecular complexity index is 1610. The molecule has 0 fully saturated rings. The van der Waals surface area contributed by atoms with Crippen LogP contribution in [0, 0.1) is 11.6 Å². The van der Waals surface area contributed by atoms with Gasteiger partial charge < -0.3 is 19.9 Å². The maximum absolute atomic E-state index is 13.9. The number of halogens is 2. The zero-order valence-electron chi connectivity index (χ0n) is 22.7. The first-order chi connectivity index (χ1) is 19.2. The Kier molecular flexibility index (Phi) is 7.43. The van der Waals surface area contributed by atoms with Gasteiger partial charge in [0.05, 0.1) is 17.9 Å². The smallest absolute Gasteiger partial charge is 0.341 e. The molecule has 0 bridgehead atoms. The summed E-state index contributed by atoms with van der Waals surface area (Å²) in [5, 5.41) is 4.39. The van der Waals surface area contributed by atoms with E-state index in [2.05, 4.69) is 22.4 Å². The molecule has 4 aromatic rings. The number of nitrogens with zero attached hydrogens (tertiary/aromatic N) is 1. The summed E-state index contributed by atoms with van der Waals surface area (Å²) in [5.41, 5.74) is 4.03. The number of anilines is 1. The summed E-state index contributed by atoms with van der Waals surface area (Å²) >= 11 is 0. The molecule has 0 radical (unpaired) electrons. The third-order valence-electron chi connectivity index (χ3n) is 7.10. The zero-order valence-corrected chi connectivity index (χ0v) is 22.7. The molecule has 0 atom stereocenters. The van der Waals surface area contributed by atoms with Gasteiger partial charge in [-0.15, -0.1) is 0 Å². The molecule has 0 saturated carbocycles. The van der Waals surface area contributed by atoms with E-state index in [4.69, 9.17) is 4.74 Å². The second-order valence-corrected chi connectivity index (χ2v) is 10.5. The first-order valence-electron chi connectivity index (χ1n) is 13.3. The van der Waals surface area contributed by atoms with Gasteiger partial charge in [0, 0.05) is 46.9 Å². The van der Waals surface area contributed by atoms with Crippen LogP contribution >= 0.6 is 0 Å². The number of ether oxygens (including phenoxy) is 1. The fourth-order valence-electron chi connectivity index (χ4n) is 5.27. The van der Waals surface area contributed by atoms with Crippen molar-refractivity contribution in [3.8, 4) is 0 Å². The van der Waals surface area contributed by atoms with Crippen molar-refractivity contribution in [3.05, 3.63) is 107 Å². The van der Waals surface area contributed by atoms with Gasteiger partial charge in [-0.1, -0.05) is 50.2 Å². The van der Waals surface area contributed by atoms with Crippen LogP contribution in [-0.2, 0) is 21.4 Å². The quantitative estimate of drug-likeness (QED) is 0.263. The fraction of sp³-hybridized carbons (Fsp3) is 0.250. The molecule has 1 aliphatic heterocycles. The van der Waals surface area contributed by atoms with Gasteiger partial charge in [0.2, 0.25) is 0 Å². The number of hydrogen-bond acceptors (Lipinski definition) is 4. The Morgan fingerprint density at radius 2 is 1.80 bits per heavy atom. The lowest BCUT2D eigenvalue weighted by atomic mass is 9.81. The molecule has 0 spiro atoms. The highest BCUT2D eigenvalue weighted by atomic mass is 19.2. The van der Waals surface area contributed by atoms with Gasteiger partial charge in [-0.3, -0.25) is 4.79 Å². The minimum absolute atomic E-state index is 0.0178. The van der Waals surface area contributed by atoms with Crippen LogP contribution < -0.4 is 5.32 Å². The summed E-state index contributed by atoms with van der Waals surface area (Å²) in [6, 6.07) is 19.3. The molecule has 206 valence electrons. The molecule has 1 aromatic heterocycles. The Morgan fingerprint density at radius 1 is 1.02 bits per heavy atom. The number of rotatable bonds is 7. The van der Waals surface area contributed by atoms with Crippen LogP contribution in [0.1, 0.15) is 48.0 Å². The lowest BCUT2D eigenvalue weighted by Gasteiger charge is -2.29. The van der Waals surface area contributed by atoms with E-state index < -0.39 is 28.9 Å². The molecule has 2 N–H and O–H groups in total. The van der Waals surface area contributed by atoms with Crippen molar-refractivity contribution in [2.75, 3.05) is 25.0 Å². The maximum atomic E-state index is 13.9. The largest absolute Gasteiger partial charge is 0.462 e. The van der Waals surface area contributed by atoms with Crippen molar-refractivity contribution in [2.45, 2.75) is 32.6 Å². The molecule has 2 heterocycles. The minimum Gasteiger partial charge on any atom is -0.462 e. The highest BCUT2D eigenvalue weighted by Crippen LogP contribution is 2.41. The van der Waals surface area contributed by atoms with Crippen molar-refractivity contribution >= 4 is 34.0 Å². The van der Waals surface area contributed by atoms with Crippen LogP contribution in [0.25, 0.3) is 16.5 Å². The van der Waals surface area contributed by atoms with E-state index in [1.54, 1.807) is 6.92 Å². The molecular weight excluding hydrogens is 512 g/mol. The first kappa shape index (κ1) is 27.1. The molecule has 8 heteroatoms. The lowest BCUT2D eigenvalue weighted by molar-refractivity contribution is -0.136. The summed E-state index contributed by atoms with van der Waals surface area (Å²) in [6.07, 6.45) is 2.33. The number of carbonyl (C=O) groups excluding carboxylic acids is 2. The molecule has 0 saturated heterocycles. The summed E-state index contributed by atoms with van der Waals surface area (Å²) in [7, 11) is 0. The summed E-state index contributed by atoms with van der Waals surface area (Å²) in [4.78, 5) is 31.4. The maximum Gasteiger partial charge on any atom is 0.341 e. The molecule has 1 amide bonds. The van der Waals surface area contributed by atoms with Gasteiger partial charge in [0.1, 0.15) is 0 Å². The molecule has 0 unspecified atom stereocenters. The van der Waals surface area contributed by atoms with Crippen molar-refractivity contribution in [2.24, 2.45) is 0 Å². The molecule has 1 aliphatic rings. The van der Waals surface area contributed by atoms with Crippen LogP contribution in [0.2, 0.25) is 0 Å². The third-order valence-corrected chi connectivity index (χ3v) is 7.10. The average molecular weight is 544 g/mol. The van der Waals surface area contributed by atoms with Gasteiger partial charge in [-0.25, -0.2) is 13.6 Å². The number of aromatic amines is 1. The fourth-order valence-corrected chi connectivity index (χ4v) is 5.27. The second kappa shape index (κ2) is 11.0. The number of hydrogen-bond donors (Lipinski definition) is 2. The zero-order chi connectivity index (χ0) is 28.4. The van der Waals surface area contributed by atoms with Crippen LogP contribution in [0.3, 0.4) is 0 Å². The molecule has 5 rings (SSSR count). The van der Waals surface area contributed by atoms with E-state index in [0.29, 0.717) is 5.69 Å². The van der Waals surface area contributed by atoms with Gasteiger partial charge >= 0.3 is 5.97 Å². The van der Waals surface area contributed by atoms with E-state index in [-0.39, 0.29) is 24.3 Å². The van der Waals surface area contributed by atoms with Crippen molar-refractivity contribution in [1.82, 2.24) is 9.88 Å². The Balaban J connectivity index is 1.52. The van der Waals surface area contributed by atoms with Gasteiger partial charge in [0.25, 0.3) is 5.91 Å². The monoisotopic (exact) mass is 543 g/mol. The van der Waals surface area contributed by atoms with Crippen LogP contribution in [0.15, 0.2) is 72.9 Å². The standard InChI is InChI=1S/C32H31F2N3O3/c1-4-40-31(39)24-18-37(30(38)21-10-13-25(33)26(34)16-21)19-32(2,3)28-23-12-11-22(17-27(23)36-29(24)28)35-15-14-20-8-6-5-7-9-20/h5-13,16-18,35-36H,4,14-15,19H2,1-3H3. The minimum atomic E-state index is -1.11. The predicted molar refractivity (Wildman–Crippen MR) is 152 cm³/mol. The Morgan fingerprint density at radius 3 is 2.52 bits per heavy atom. The summed E-state index contributed by atoms with van der Waals surface area (Å²) in [6.45, 7) is 6.79. The van der Waals surface area contributed by atoms with Crippen LogP contribution in [-0.4, -0.2) is 41.5 Å². The molecule has 40 heavy (non-hydrogen) atoms. The third kappa shape index (κ3) is 5.34. The average Bonchev–Trinajstić information content (AvgIpc) is 3.27. The number of aromatic nitrogens is 1. The molecule has 3 aromatic carbocycles. The lowest BCUT2D eigenvalue weighted by Crippen LogP contribution is -2.37.